The Morgan fingerprint density at radius 3 is 2.19 bits per heavy atom. The predicted molar refractivity (Wildman–Crippen MR) is 66.6 cm³/mol. The first-order chi connectivity index (χ1) is 7.76. The van der Waals surface area contributed by atoms with E-state index in [0.29, 0.717) is 0 Å². The zero-order valence-electron chi connectivity index (χ0n) is 10.6. The quantitative estimate of drug-likeness (QED) is 0.800. The lowest BCUT2D eigenvalue weighted by molar-refractivity contribution is 0.388. The summed E-state index contributed by atoms with van der Waals surface area (Å²) in [6.07, 6.45) is 1.94. The molecule has 0 saturated carbocycles. The third-order valence-electron chi connectivity index (χ3n) is 2.71. The number of ether oxygens (including phenoxy) is 2. The van der Waals surface area contributed by atoms with Crippen molar-refractivity contribution in [2.75, 3.05) is 27.8 Å². The molecule has 1 aromatic rings. The normalized spacial score (nSPS) is 10.2. The van der Waals surface area contributed by atoms with Gasteiger partial charge in [0.1, 0.15) is 11.5 Å². The SMILES string of the molecule is CCc1cc(CCNC)c(OC)cc1OC. The molecule has 0 aromatic heterocycles. The van der Waals surface area contributed by atoms with Gasteiger partial charge in [-0.05, 0) is 43.6 Å². The molecule has 0 aliphatic heterocycles. The highest BCUT2D eigenvalue weighted by Crippen LogP contribution is 2.29. The molecule has 0 bridgehead atoms. The number of rotatable bonds is 6. The highest BCUT2D eigenvalue weighted by Gasteiger charge is 2.09. The molecular formula is C13H21NO2. The first-order valence-electron chi connectivity index (χ1n) is 5.65. The van der Waals surface area contributed by atoms with Crippen LogP contribution in [0.1, 0.15) is 18.1 Å². The van der Waals surface area contributed by atoms with Crippen molar-refractivity contribution in [1.82, 2.24) is 5.32 Å². The van der Waals surface area contributed by atoms with E-state index in [9.17, 15) is 0 Å². The minimum Gasteiger partial charge on any atom is -0.496 e. The Kier molecular flexibility index (Phi) is 5.12. The number of likely N-dealkylation sites (N-methyl/N-ethyl adjacent to an activating group) is 1. The molecule has 0 heterocycles. The molecule has 0 fully saturated rings. The molecule has 0 saturated heterocycles. The van der Waals surface area contributed by atoms with Gasteiger partial charge >= 0.3 is 0 Å². The Morgan fingerprint density at radius 1 is 1.06 bits per heavy atom. The van der Waals surface area contributed by atoms with Gasteiger partial charge in [-0.15, -0.1) is 0 Å². The first kappa shape index (κ1) is 12.8. The van der Waals surface area contributed by atoms with Gasteiger partial charge in [0.05, 0.1) is 14.2 Å². The summed E-state index contributed by atoms with van der Waals surface area (Å²) in [4.78, 5) is 0. The Morgan fingerprint density at radius 2 is 1.69 bits per heavy atom. The molecule has 0 radical (unpaired) electrons. The zero-order valence-corrected chi connectivity index (χ0v) is 10.6. The minimum absolute atomic E-state index is 0.907. The van der Waals surface area contributed by atoms with Crippen LogP contribution in [0.5, 0.6) is 11.5 Å². The van der Waals surface area contributed by atoms with Gasteiger partial charge in [0.15, 0.2) is 0 Å². The van der Waals surface area contributed by atoms with E-state index in [4.69, 9.17) is 9.47 Å². The van der Waals surface area contributed by atoms with Crippen LogP contribution in [-0.4, -0.2) is 27.8 Å². The largest absolute Gasteiger partial charge is 0.496 e. The van der Waals surface area contributed by atoms with Crippen LogP contribution in [0.25, 0.3) is 0 Å². The molecule has 1 aromatic carbocycles. The fourth-order valence-corrected chi connectivity index (χ4v) is 1.77. The van der Waals surface area contributed by atoms with Crippen LogP contribution in [0.3, 0.4) is 0 Å². The second-order valence-corrected chi connectivity index (χ2v) is 3.68. The van der Waals surface area contributed by atoms with Crippen molar-refractivity contribution >= 4 is 0 Å². The zero-order chi connectivity index (χ0) is 12.0. The maximum absolute atomic E-state index is 5.38. The summed E-state index contributed by atoms with van der Waals surface area (Å²) in [5.74, 6) is 1.82. The molecule has 1 rings (SSSR count). The van der Waals surface area contributed by atoms with Gasteiger partial charge < -0.3 is 14.8 Å². The van der Waals surface area contributed by atoms with Crippen molar-refractivity contribution in [1.29, 1.82) is 0 Å². The van der Waals surface area contributed by atoms with Gasteiger partial charge in [-0.2, -0.15) is 0 Å². The molecule has 0 aliphatic carbocycles. The van der Waals surface area contributed by atoms with Crippen LogP contribution >= 0.6 is 0 Å². The maximum atomic E-state index is 5.38. The lowest BCUT2D eigenvalue weighted by atomic mass is 10.0. The Bertz CT molecular complexity index is 337. The summed E-state index contributed by atoms with van der Waals surface area (Å²) < 4.78 is 10.7. The molecule has 0 aliphatic rings. The fourth-order valence-electron chi connectivity index (χ4n) is 1.77. The van der Waals surface area contributed by atoms with Crippen molar-refractivity contribution in [2.45, 2.75) is 19.8 Å². The first-order valence-corrected chi connectivity index (χ1v) is 5.65. The van der Waals surface area contributed by atoms with E-state index < -0.39 is 0 Å². The van der Waals surface area contributed by atoms with Crippen molar-refractivity contribution in [3.63, 3.8) is 0 Å². The third-order valence-corrected chi connectivity index (χ3v) is 2.71. The highest BCUT2D eigenvalue weighted by atomic mass is 16.5. The number of nitrogens with one attached hydrogen (secondary N) is 1. The summed E-state index contributed by atoms with van der Waals surface area (Å²) in [6, 6.07) is 4.15. The van der Waals surface area contributed by atoms with E-state index in [1.165, 1.54) is 11.1 Å². The third kappa shape index (κ3) is 2.89. The molecule has 0 amide bonds. The van der Waals surface area contributed by atoms with Crippen molar-refractivity contribution in [3.8, 4) is 11.5 Å². The van der Waals surface area contributed by atoms with Gasteiger partial charge in [0, 0.05) is 6.07 Å². The van der Waals surface area contributed by atoms with E-state index in [2.05, 4.69) is 18.3 Å². The van der Waals surface area contributed by atoms with Gasteiger partial charge in [0.2, 0.25) is 0 Å². The van der Waals surface area contributed by atoms with Crippen molar-refractivity contribution in [3.05, 3.63) is 23.3 Å². The number of aryl methyl sites for hydroxylation is 1. The van der Waals surface area contributed by atoms with E-state index >= 15 is 0 Å². The Hall–Kier alpha value is -1.22. The van der Waals surface area contributed by atoms with Crippen LogP contribution in [0.4, 0.5) is 0 Å². The summed E-state index contributed by atoms with van der Waals surface area (Å²) >= 11 is 0. The second-order valence-electron chi connectivity index (χ2n) is 3.68. The van der Waals surface area contributed by atoms with Gasteiger partial charge in [-0.1, -0.05) is 6.92 Å². The minimum atomic E-state index is 0.907. The molecule has 1 N–H and O–H groups in total. The lowest BCUT2D eigenvalue weighted by Gasteiger charge is -2.14. The van der Waals surface area contributed by atoms with E-state index in [0.717, 1.165) is 30.9 Å². The predicted octanol–water partition coefficient (Wildman–Crippen LogP) is 2.03. The maximum Gasteiger partial charge on any atom is 0.125 e. The molecule has 0 atom stereocenters. The molecular weight excluding hydrogens is 202 g/mol. The summed E-state index contributed by atoms with van der Waals surface area (Å²) in [5, 5.41) is 3.15. The summed E-state index contributed by atoms with van der Waals surface area (Å²) in [5.41, 5.74) is 2.46. The standard InChI is InChI=1S/C13H21NO2/c1-5-10-8-11(6-7-14-2)13(16-4)9-12(10)15-3/h8-9,14H,5-7H2,1-4H3. The van der Waals surface area contributed by atoms with Crippen LogP contribution in [0.15, 0.2) is 12.1 Å². The molecule has 0 unspecified atom stereocenters. The van der Waals surface area contributed by atoms with Gasteiger partial charge in [-0.25, -0.2) is 0 Å². The number of methoxy groups -OCH3 is 2. The lowest BCUT2D eigenvalue weighted by Crippen LogP contribution is -2.11. The summed E-state index contributed by atoms with van der Waals surface area (Å²) in [6.45, 7) is 3.08. The topological polar surface area (TPSA) is 30.5 Å². The van der Waals surface area contributed by atoms with Gasteiger partial charge in [0.25, 0.3) is 0 Å². The smallest absolute Gasteiger partial charge is 0.125 e. The Balaban J connectivity index is 3.05. The van der Waals surface area contributed by atoms with E-state index in [-0.39, 0.29) is 0 Å². The average Bonchev–Trinajstić information content (AvgIpc) is 2.35. The number of benzene rings is 1. The Labute approximate surface area is 97.8 Å². The van der Waals surface area contributed by atoms with Crippen LogP contribution in [0.2, 0.25) is 0 Å². The average molecular weight is 223 g/mol. The molecule has 0 spiro atoms. The molecule has 16 heavy (non-hydrogen) atoms. The summed E-state index contributed by atoms with van der Waals surface area (Å²) in [7, 11) is 5.35. The monoisotopic (exact) mass is 223 g/mol. The van der Waals surface area contributed by atoms with E-state index in [1.54, 1.807) is 14.2 Å². The van der Waals surface area contributed by atoms with Crippen molar-refractivity contribution in [2.24, 2.45) is 0 Å². The van der Waals surface area contributed by atoms with E-state index in [1.807, 2.05) is 13.1 Å². The number of hydrogen-bond donors (Lipinski definition) is 1. The van der Waals surface area contributed by atoms with Crippen LogP contribution < -0.4 is 14.8 Å². The van der Waals surface area contributed by atoms with Crippen LogP contribution in [0, 0.1) is 0 Å². The molecule has 3 heteroatoms. The second kappa shape index (κ2) is 6.38. The van der Waals surface area contributed by atoms with Crippen LogP contribution in [-0.2, 0) is 12.8 Å². The highest BCUT2D eigenvalue weighted by molar-refractivity contribution is 5.46. The fraction of sp³-hybridized carbons (Fsp3) is 0.538. The molecule has 90 valence electrons. The number of hydrogen-bond acceptors (Lipinski definition) is 3. The van der Waals surface area contributed by atoms with Gasteiger partial charge in [-0.3, -0.25) is 0 Å². The molecule has 3 nitrogen and oxygen atoms in total. The van der Waals surface area contributed by atoms with Crippen molar-refractivity contribution < 1.29 is 9.47 Å².